The Labute approximate surface area is 154 Å². The number of nitrogens with zero attached hydrogens (tertiary/aromatic N) is 2. The van der Waals surface area contributed by atoms with Gasteiger partial charge < -0.3 is 19.7 Å². The molecule has 2 heterocycles. The molecule has 3 aromatic rings. The van der Waals surface area contributed by atoms with E-state index in [1.807, 2.05) is 35.9 Å². The Bertz CT molecular complexity index is 990. The zero-order chi connectivity index (χ0) is 18.8. The van der Waals surface area contributed by atoms with Crippen molar-refractivity contribution >= 4 is 34.1 Å². The molecule has 0 unspecified atom stereocenters. The average Bonchev–Trinajstić information content (AvgIpc) is 3.14. The van der Waals surface area contributed by atoms with E-state index in [0.717, 1.165) is 28.0 Å². The molecule has 136 valence electrons. The van der Waals surface area contributed by atoms with Crippen molar-refractivity contribution in [2.24, 2.45) is 7.05 Å². The summed E-state index contributed by atoms with van der Waals surface area (Å²) in [4.78, 5) is 28.0. The molecule has 1 amide bonds. The number of benzene rings is 1. The molecule has 2 aromatic heterocycles. The summed E-state index contributed by atoms with van der Waals surface area (Å²) in [6, 6.07) is 7.48. The Kier molecular flexibility index (Phi) is 4.94. The number of nitrogens with one attached hydrogen (secondary N) is 1. The minimum Gasteiger partial charge on any atom is -0.497 e. The number of methoxy groups -OCH3 is 1. The lowest BCUT2D eigenvalue weighted by Gasteiger charge is -2.06. The first-order valence-electron chi connectivity index (χ1n) is 8.02. The van der Waals surface area contributed by atoms with E-state index in [2.05, 4.69) is 10.3 Å². The van der Waals surface area contributed by atoms with Gasteiger partial charge in [0.2, 0.25) is 0 Å². The molecule has 3 rings (SSSR count). The van der Waals surface area contributed by atoms with Crippen molar-refractivity contribution in [1.82, 2.24) is 14.9 Å². The topological polar surface area (TPSA) is 93.4 Å². The van der Waals surface area contributed by atoms with Gasteiger partial charge in [0.25, 0.3) is 5.91 Å². The summed E-state index contributed by atoms with van der Waals surface area (Å²) < 4.78 is 7.05. The van der Waals surface area contributed by atoms with Crippen LogP contribution in [0.2, 0.25) is 0 Å². The maximum Gasteiger partial charge on any atom is 0.347 e. The van der Waals surface area contributed by atoms with Crippen LogP contribution >= 0.6 is 11.3 Å². The standard InChI is InChI=1S/C18H19N3O4S/c1-10-16(18(23)24)26-15(20-10)6-7-19-17(22)14-9-11-8-12(25-3)4-5-13(11)21(14)2/h4-5,8-9H,6-7H2,1-3H3,(H,19,22)(H,23,24). The highest BCUT2D eigenvalue weighted by Crippen LogP contribution is 2.24. The highest BCUT2D eigenvalue weighted by molar-refractivity contribution is 7.13. The summed E-state index contributed by atoms with van der Waals surface area (Å²) in [5.74, 6) is -0.418. The second kappa shape index (κ2) is 7.17. The fourth-order valence-electron chi connectivity index (χ4n) is 2.80. The Hall–Kier alpha value is -2.87. The first-order valence-corrected chi connectivity index (χ1v) is 8.83. The smallest absolute Gasteiger partial charge is 0.347 e. The monoisotopic (exact) mass is 373 g/mol. The van der Waals surface area contributed by atoms with Crippen LogP contribution in [0.5, 0.6) is 5.75 Å². The molecule has 0 aliphatic heterocycles. The predicted molar refractivity (Wildman–Crippen MR) is 99.3 cm³/mol. The molecule has 0 fully saturated rings. The molecule has 0 saturated carbocycles. The maximum atomic E-state index is 12.5. The van der Waals surface area contributed by atoms with E-state index in [0.29, 0.717) is 29.4 Å². The molecule has 0 aliphatic rings. The number of fused-ring (bicyclic) bond motifs is 1. The number of carbonyl (C=O) groups is 2. The normalized spacial score (nSPS) is 10.9. The number of aromatic nitrogens is 2. The van der Waals surface area contributed by atoms with E-state index in [1.54, 1.807) is 14.0 Å². The van der Waals surface area contributed by atoms with Gasteiger partial charge in [-0.3, -0.25) is 4.79 Å². The van der Waals surface area contributed by atoms with Gasteiger partial charge in [0.1, 0.15) is 16.3 Å². The van der Waals surface area contributed by atoms with Gasteiger partial charge in [-0.25, -0.2) is 9.78 Å². The van der Waals surface area contributed by atoms with Gasteiger partial charge in [-0.1, -0.05) is 0 Å². The third-order valence-electron chi connectivity index (χ3n) is 4.14. The van der Waals surface area contributed by atoms with Crippen molar-refractivity contribution in [3.05, 3.63) is 45.5 Å². The number of carbonyl (C=O) groups excluding carboxylic acids is 1. The number of ether oxygens (including phenoxy) is 1. The Morgan fingerprint density at radius 1 is 1.35 bits per heavy atom. The fourth-order valence-corrected chi connectivity index (χ4v) is 3.71. The van der Waals surface area contributed by atoms with Gasteiger partial charge in [0, 0.05) is 30.9 Å². The SMILES string of the molecule is COc1ccc2c(c1)cc(C(=O)NCCc1nc(C)c(C(=O)O)s1)n2C. The van der Waals surface area contributed by atoms with Gasteiger partial charge in [-0.2, -0.15) is 0 Å². The van der Waals surface area contributed by atoms with E-state index in [1.165, 1.54) is 0 Å². The number of carboxylic acid groups (broad SMARTS) is 1. The molecule has 7 nitrogen and oxygen atoms in total. The van der Waals surface area contributed by atoms with Crippen LogP contribution in [-0.2, 0) is 13.5 Å². The quantitative estimate of drug-likeness (QED) is 0.693. The van der Waals surface area contributed by atoms with Crippen LogP contribution in [0.15, 0.2) is 24.3 Å². The molecule has 0 aliphatic carbocycles. The van der Waals surface area contributed by atoms with Gasteiger partial charge in [-0.05, 0) is 31.2 Å². The predicted octanol–water partition coefficient (Wildman–Crippen LogP) is 2.62. The van der Waals surface area contributed by atoms with Crippen LogP contribution in [0.1, 0.15) is 30.9 Å². The number of rotatable bonds is 6. The van der Waals surface area contributed by atoms with E-state index in [4.69, 9.17) is 9.84 Å². The molecule has 26 heavy (non-hydrogen) atoms. The Balaban J connectivity index is 1.68. The second-order valence-electron chi connectivity index (χ2n) is 5.85. The van der Waals surface area contributed by atoms with Crippen molar-refractivity contribution < 1.29 is 19.4 Å². The first kappa shape index (κ1) is 17.9. The van der Waals surface area contributed by atoms with Crippen LogP contribution in [0, 0.1) is 6.92 Å². The van der Waals surface area contributed by atoms with Crippen molar-refractivity contribution in [3.63, 3.8) is 0 Å². The van der Waals surface area contributed by atoms with Gasteiger partial charge in [0.15, 0.2) is 0 Å². The largest absolute Gasteiger partial charge is 0.497 e. The van der Waals surface area contributed by atoms with Gasteiger partial charge >= 0.3 is 5.97 Å². The third-order valence-corrected chi connectivity index (χ3v) is 5.35. The zero-order valence-corrected chi connectivity index (χ0v) is 15.5. The number of carboxylic acids is 1. The van der Waals surface area contributed by atoms with Crippen molar-refractivity contribution in [2.75, 3.05) is 13.7 Å². The third kappa shape index (κ3) is 3.41. The van der Waals surface area contributed by atoms with E-state index < -0.39 is 5.97 Å². The van der Waals surface area contributed by atoms with Crippen LogP contribution in [0.4, 0.5) is 0 Å². The molecule has 0 radical (unpaired) electrons. The molecular formula is C18H19N3O4S. The Morgan fingerprint density at radius 3 is 2.77 bits per heavy atom. The van der Waals surface area contributed by atoms with Crippen LogP contribution < -0.4 is 10.1 Å². The average molecular weight is 373 g/mol. The summed E-state index contributed by atoms with van der Waals surface area (Å²) in [5, 5.41) is 13.6. The molecule has 8 heteroatoms. The molecule has 0 bridgehead atoms. The van der Waals surface area contributed by atoms with Gasteiger partial charge in [0.05, 0.1) is 17.8 Å². The summed E-state index contributed by atoms with van der Waals surface area (Å²) in [7, 11) is 3.45. The Morgan fingerprint density at radius 2 is 2.12 bits per heavy atom. The van der Waals surface area contributed by atoms with Crippen molar-refractivity contribution in [2.45, 2.75) is 13.3 Å². The number of thiazole rings is 1. The lowest BCUT2D eigenvalue weighted by molar-refractivity contribution is 0.0701. The lowest BCUT2D eigenvalue weighted by atomic mass is 10.2. The second-order valence-corrected chi connectivity index (χ2v) is 6.93. The number of aryl methyl sites for hydroxylation is 2. The summed E-state index contributed by atoms with van der Waals surface area (Å²) in [5.41, 5.74) is 2.00. The van der Waals surface area contributed by atoms with Crippen LogP contribution in [0.3, 0.4) is 0 Å². The summed E-state index contributed by atoms with van der Waals surface area (Å²) >= 11 is 1.15. The molecule has 1 aromatic carbocycles. The van der Waals surface area contributed by atoms with E-state index in [9.17, 15) is 9.59 Å². The fraction of sp³-hybridized carbons (Fsp3) is 0.278. The number of hydrogen-bond acceptors (Lipinski definition) is 5. The highest BCUT2D eigenvalue weighted by Gasteiger charge is 2.16. The van der Waals surface area contributed by atoms with Crippen molar-refractivity contribution in [3.8, 4) is 5.75 Å². The first-order chi connectivity index (χ1) is 12.4. The summed E-state index contributed by atoms with van der Waals surface area (Å²) in [6.07, 6.45) is 0.488. The molecule has 0 atom stereocenters. The van der Waals surface area contributed by atoms with E-state index in [-0.39, 0.29) is 10.8 Å². The van der Waals surface area contributed by atoms with Crippen molar-refractivity contribution in [1.29, 1.82) is 0 Å². The maximum absolute atomic E-state index is 12.5. The minimum atomic E-state index is -0.971. The van der Waals surface area contributed by atoms with E-state index >= 15 is 0 Å². The molecular weight excluding hydrogens is 354 g/mol. The lowest BCUT2D eigenvalue weighted by Crippen LogP contribution is -2.27. The van der Waals surface area contributed by atoms with Gasteiger partial charge in [-0.15, -0.1) is 11.3 Å². The highest BCUT2D eigenvalue weighted by atomic mass is 32.1. The minimum absolute atomic E-state index is 0.186. The van der Waals surface area contributed by atoms with Crippen LogP contribution in [-0.4, -0.2) is 40.2 Å². The molecule has 2 N–H and O–H groups in total. The summed E-state index contributed by atoms with van der Waals surface area (Å²) in [6.45, 7) is 2.06. The number of amides is 1. The number of aromatic carboxylic acids is 1. The van der Waals surface area contributed by atoms with Crippen LogP contribution in [0.25, 0.3) is 10.9 Å². The molecule has 0 saturated heterocycles. The molecule has 0 spiro atoms. The number of hydrogen-bond donors (Lipinski definition) is 2. The zero-order valence-electron chi connectivity index (χ0n) is 14.7.